The van der Waals surface area contributed by atoms with E-state index in [0.717, 1.165) is 25.9 Å². The van der Waals surface area contributed by atoms with Crippen LogP contribution in [0.4, 0.5) is 0 Å². The summed E-state index contributed by atoms with van der Waals surface area (Å²) >= 11 is 0. The van der Waals surface area contributed by atoms with E-state index in [4.69, 9.17) is 18.9 Å². The van der Waals surface area contributed by atoms with Crippen molar-refractivity contribution in [2.45, 2.75) is 37.6 Å². The third kappa shape index (κ3) is 2.59. The molecule has 0 aromatic carbocycles. The van der Waals surface area contributed by atoms with Crippen LogP contribution in [0.15, 0.2) is 0 Å². The van der Waals surface area contributed by atoms with E-state index in [9.17, 15) is 4.79 Å². The second-order valence-electron chi connectivity index (χ2n) is 5.37. The molecule has 0 aromatic heterocycles. The molecule has 1 spiro atoms. The highest BCUT2D eigenvalue weighted by Crippen LogP contribution is 2.36. The molecular formula is C13H20O5. The molecule has 5 heteroatoms. The van der Waals surface area contributed by atoms with E-state index in [-0.39, 0.29) is 23.6 Å². The molecule has 3 fully saturated rings. The summed E-state index contributed by atoms with van der Waals surface area (Å²) in [7, 11) is 0. The molecule has 0 amide bonds. The quantitative estimate of drug-likeness (QED) is 0.751. The van der Waals surface area contributed by atoms with Crippen molar-refractivity contribution in [1.29, 1.82) is 0 Å². The average molecular weight is 256 g/mol. The van der Waals surface area contributed by atoms with Crippen LogP contribution in [0.5, 0.6) is 0 Å². The Morgan fingerprint density at radius 3 is 2.72 bits per heavy atom. The maximum absolute atomic E-state index is 12.2. The molecule has 0 radical (unpaired) electrons. The third-order valence-corrected chi connectivity index (χ3v) is 4.07. The molecule has 3 aliphatic rings. The number of hydrogen-bond acceptors (Lipinski definition) is 5. The second-order valence-corrected chi connectivity index (χ2v) is 5.37. The van der Waals surface area contributed by atoms with Gasteiger partial charge in [0.05, 0.1) is 31.8 Å². The molecule has 0 aliphatic carbocycles. The Hall–Kier alpha value is -0.490. The summed E-state index contributed by atoms with van der Waals surface area (Å²) in [6.45, 7) is 3.24. The van der Waals surface area contributed by atoms with E-state index in [1.165, 1.54) is 0 Å². The Morgan fingerprint density at radius 1 is 1.17 bits per heavy atom. The molecule has 5 nitrogen and oxygen atoms in total. The van der Waals surface area contributed by atoms with Crippen molar-refractivity contribution in [3.8, 4) is 0 Å². The van der Waals surface area contributed by atoms with Crippen LogP contribution in [-0.4, -0.2) is 50.7 Å². The fourth-order valence-electron chi connectivity index (χ4n) is 3.02. The van der Waals surface area contributed by atoms with Gasteiger partial charge in [-0.3, -0.25) is 4.79 Å². The van der Waals surface area contributed by atoms with Gasteiger partial charge in [0.25, 0.3) is 0 Å². The molecule has 0 aromatic rings. The summed E-state index contributed by atoms with van der Waals surface area (Å²) < 4.78 is 21.9. The highest BCUT2D eigenvalue weighted by atomic mass is 16.7. The number of hydrogen-bond donors (Lipinski definition) is 0. The first-order valence-corrected chi connectivity index (χ1v) is 6.75. The predicted molar refractivity (Wildman–Crippen MR) is 62.2 cm³/mol. The normalized spacial score (nSPS) is 37.4. The van der Waals surface area contributed by atoms with Gasteiger partial charge in [0.15, 0.2) is 6.29 Å². The van der Waals surface area contributed by atoms with Crippen molar-refractivity contribution < 1.29 is 23.7 Å². The fourth-order valence-corrected chi connectivity index (χ4v) is 3.02. The van der Waals surface area contributed by atoms with Gasteiger partial charge < -0.3 is 18.9 Å². The lowest BCUT2D eigenvalue weighted by Gasteiger charge is -2.36. The van der Waals surface area contributed by atoms with Gasteiger partial charge in [-0.05, 0) is 12.8 Å². The van der Waals surface area contributed by atoms with E-state index in [1.54, 1.807) is 0 Å². The van der Waals surface area contributed by atoms with Gasteiger partial charge in [-0.25, -0.2) is 0 Å². The third-order valence-electron chi connectivity index (χ3n) is 4.07. The molecule has 2 atom stereocenters. The Morgan fingerprint density at radius 2 is 2.00 bits per heavy atom. The Kier molecular flexibility index (Phi) is 3.66. The zero-order valence-corrected chi connectivity index (χ0v) is 10.6. The van der Waals surface area contributed by atoms with E-state index in [0.29, 0.717) is 32.8 Å². The molecular weight excluding hydrogens is 236 g/mol. The molecule has 18 heavy (non-hydrogen) atoms. The average Bonchev–Trinajstić information content (AvgIpc) is 3.02. The van der Waals surface area contributed by atoms with Gasteiger partial charge in [-0.2, -0.15) is 0 Å². The minimum Gasteiger partial charge on any atom is -0.378 e. The van der Waals surface area contributed by atoms with Crippen LogP contribution in [0.2, 0.25) is 0 Å². The van der Waals surface area contributed by atoms with Crippen molar-refractivity contribution in [3.63, 3.8) is 0 Å². The minimum absolute atomic E-state index is 0.0771. The number of ether oxygens (including phenoxy) is 4. The van der Waals surface area contributed by atoms with Crippen molar-refractivity contribution >= 4 is 5.78 Å². The predicted octanol–water partition coefficient (Wildman–Crippen LogP) is 0.904. The summed E-state index contributed by atoms with van der Waals surface area (Å²) in [5.41, 5.74) is -0.198. The first kappa shape index (κ1) is 12.5. The summed E-state index contributed by atoms with van der Waals surface area (Å²) in [5.74, 6) is 0.324. The summed E-state index contributed by atoms with van der Waals surface area (Å²) in [6, 6.07) is 0. The second kappa shape index (κ2) is 5.25. The molecule has 0 N–H and O–H groups in total. The van der Waals surface area contributed by atoms with Crippen molar-refractivity contribution in [2.24, 2.45) is 5.92 Å². The first-order chi connectivity index (χ1) is 8.77. The maximum Gasteiger partial charge on any atom is 0.164 e. The smallest absolute Gasteiger partial charge is 0.164 e. The zero-order chi connectivity index (χ0) is 12.4. The maximum atomic E-state index is 12.2. The molecule has 2 unspecified atom stereocenters. The lowest BCUT2D eigenvalue weighted by atomic mass is 9.82. The van der Waals surface area contributed by atoms with E-state index < -0.39 is 0 Å². The van der Waals surface area contributed by atoms with Gasteiger partial charge in [0, 0.05) is 25.6 Å². The molecule has 3 heterocycles. The van der Waals surface area contributed by atoms with Crippen molar-refractivity contribution in [1.82, 2.24) is 0 Å². The largest absolute Gasteiger partial charge is 0.378 e. The van der Waals surface area contributed by atoms with Gasteiger partial charge >= 0.3 is 0 Å². The van der Waals surface area contributed by atoms with Crippen LogP contribution in [0.1, 0.15) is 25.7 Å². The highest BCUT2D eigenvalue weighted by molar-refractivity contribution is 5.81. The number of ketones is 1. The molecule has 3 aliphatic heterocycles. The Bertz CT molecular complexity index is 305. The number of rotatable bonds is 3. The first-order valence-electron chi connectivity index (χ1n) is 6.75. The van der Waals surface area contributed by atoms with Gasteiger partial charge in [0.2, 0.25) is 0 Å². The van der Waals surface area contributed by atoms with E-state index >= 15 is 0 Å². The SMILES string of the molecule is O=C(CC1OCCO1)C1CCOC2(CCOC2)C1. The fraction of sp³-hybridized carbons (Fsp3) is 0.923. The van der Waals surface area contributed by atoms with Gasteiger partial charge in [-0.15, -0.1) is 0 Å². The number of carbonyl (C=O) groups is 1. The lowest BCUT2D eigenvalue weighted by molar-refractivity contribution is -0.143. The van der Waals surface area contributed by atoms with Crippen LogP contribution < -0.4 is 0 Å². The van der Waals surface area contributed by atoms with Crippen molar-refractivity contribution in [3.05, 3.63) is 0 Å². The van der Waals surface area contributed by atoms with Gasteiger partial charge in [0.1, 0.15) is 5.78 Å². The monoisotopic (exact) mass is 256 g/mol. The Balaban J connectivity index is 1.56. The van der Waals surface area contributed by atoms with E-state index in [2.05, 4.69) is 0 Å². The van der Waals surface area contributed by atoms with Crippen LogP contribution in [-0.2, 0) is 23.7 Å². The molecule has 0 bridgehead atoms. The molecule has 0 saturated carbocycles. The lowest BCUT2D eigenvalue weighted by Crippen LogP contribution is -2.42. The topological polar surface area (TPSA) is 54.0 Å². The summed E-state index contributed by atoms with van der Waals surface area (Å²) in [4.78, 5) is 12.2. The molecule has 3 rings (SSSR count). The standard InChI is InChI=1S/C13H20O5/c14-11(7-12-16-5-6-17-12)10-1-3-18-13(8-10)2-4-15-9-13/h10,12H,1-9H2. The summed E-state index contributed by atoms with van der Waals surface area (Å²) in [6.07, 6.45) is 2.57. The molecule has 102 valence electrons. The van der Waals surface area contributed by atoms with E-state index in [1.807, 2.05) is 0 Å². The summed E-state index contributed by atoms with van der Waals surface area (Å²) in [5, 5.41) is 0. The van der Waals surface area contributed by atoms with Crippen LogP contribution >= 0.6 is 0 Å². The number of Topliss-reactive ketones (excluding diaryl/α,β-unsaturated/α-hetero) is 1. The van der Waals surface area contributed by atoms with Crippen molar-refractivity contribution in [2.75, 3.05) is 33.0 Å². The Labute approximate surface area is 107 Å². The van der Waals surface area contributed by atoms with Crippen LogP contribution in [0.3, 0.4) is 0 Å². The number of carbonyl (C=O) groups excluding carboxylic acids is 1. The minimum atomic E-state index is -0.323. The van der Waals surface area contributed by atoms with Crippen LogP contribution in [0, 0.1) is 5.92 Å². The van der Waals surface area contributed by atoms with Crippen LogP contribution in [0.25, 0.3) is 0 Å². The zero-order valence-electron chi connectivity index (χ0n) is 10.6. The highest BCUT2D eigenvalue weighted by Gasteiger charge is 2.43. The van der Waals surface area contributed by atoms with Gasteiger partial charge in [-0.1, -0.05) is 0 Å². The molecule has 3 saturated heterocycles.